The Morgan fingerprint density at radius 1 is 1.15 bits per heavy atom. The van der Waals surface area contributed by atoms with Crippen molar-refractivity contribution < 1.29 is 14.3 Å². The van der Waals surface area contributed by atoms with E-state index in [2.05, 4.69) is 35.2 Å². The third kappa shape index (κ3) is 3.65. The van der Waals surface area contributed by atoms with Gasteiger partial charge in [-0.25, -0.2) is 4.79 Å². The Bertz CT molecular complexity index is 795. The van der Waals surface area contributed by atoms with E-state index in [0.29, 0.717) is 6.61 Å². The molecule has 5 heteroatoms. The molecular formula is C22H26N2O3. The van der Waals surface area contributed by atoms with Gasteiger partial charge < -0.3 is 14.4 Å². The molecule has 2 aromatic carbocycles. The molecule has 2 fully saturated rings. The molecule has 4 rings (SSSR count). The van der Waals surface area contributed by atoms with Crippen LogP contribution in [0.1, 0.15) is 18.4 Å². The van der Waals surface area contributed by atoms with Crippen LogP contribution in [0.5, 0.6) is 5.75 Å². The van der Waals surface area contributed by atoms with Crippen molar-refractivity contribution in [3.63, 3.8) is 0 Å². The molecular weight excluding hydrogens is 340 g/mol. The molecule has 2 heterocycles. The summed E-state index contributed by atoms with van der Waals surface area (Å²) in [5.74, 6) is 0.750. The van der Waals surface area contributed by atoms with Crippen molar-refractivity contribution in [3.05, 3.63) is 60.2 Å². The van der Waals surface area contributed by atoms with Gasteiger partial charge in [-0.15, -0.1) is 0 Å². The maximum Gasteiger partial charge on any atom is 0.415 e. The summed E-state index contributed by atoms with van der Waals surface area (Å²) in [5.41, 5.74) is 1.96. The van der Waals surface area contributed by atoms with E-state index in [0.717, 1.165) is 50.3 Å². The van der Waals surface area contributed by atoms with Crippen LogP contribution in [0, 0.1) is 0 Å². The Labute approximate surface area is 160 Å². The zero-order valence-corrected chi connectivity index (χ0v) is 15.8. The lowest BCUT2D eigenvalue weighted by Gasteiger charge is -2.32. The monoisotopic (exact) mass is 366 g/mol. The first kappa shape index (κ1) is 17.9. The fourth-order valence-corrected chi connectivity index (χ4v) is 4.23. The molecule has 2 saturated heterocycles. The maximum atomic E-state index is 12.5. The normalized spacial score (nSPS) is 22.4. The highest BCUT2D eigenvalue weighted by Gasteiger charge is 2.52. The smallest absolute Gasteiger partial charge is 0.415 e. The van der Waals surface area contributed by atoms with E-state index >= 15 is 0 Å². The first-order chi connectivity index (χ1) is 13.2. The zero-order valence-electron chi connectivity index (χ0n) is 15.8. The van der Waals surface area contributed by atoms with E-state index in [9.17, 15) is 4.79 Å². The number of amides is 1. The molecule has 1 spiro atoms. The Kier molecular flexibility index (Phi) is 5.03. The van der Waals surface area contributed by atoms with Crippen LogP contribution in [0.15, 0.2) is 54.6 Å². The van der Waals surface area contributed by atoms with E-state index in [1.54, 1.807) is 7.11 Å². The molecule has 0 aromatic heterocycles. The molecule has 27 heavy (non-hydrogen) atoms. The lowest BCUT2D eigenvalue weighted by molar-refractivity contribution is 0.172. The second-order valence-electron chi connectivity index (χ2n) is 7.43. The topological polar surface area (TPSA) is 42.0 Å². The maximum absolute atomic E-state index is 12.5. The van der Waals surface area contributed by atoms with Gasteiger partial charge in [0.2, 0.25) is 0 Å². The largest absolute Gasteiger partial charge is 0.497 e. The average Bonchev–Trinajstić information content (AvgIpc) is 3.26. The minimum atomic E-state index is -0.268. The Balaban J connectivity index is 1.42. The van der Waals surface area contributed by atoms with Crippen LogP contribution < -0.4 is 9.64 Å². The van der Waals surface area contributed by atoms with Gasteiger partial charge in [0.05, 0.1) is 18.3 Å². The van der Waals surface area contributed by atoms with E-state index < -0.39 is 0 Å². The fourth-order valence-electron chi connectivity index (χ4n) is 4.23. The van der Waals surface area contributed by atoms with Crippen LogP contribution in [0.3, 0.4) is 0 Å². The molecule has 1 amide bonds. The molecule has 1 atom stereocenters. The summed E-state index contributed by atoms with van der Waals surface area (Å²) in [7, 11) is 1.64. The van der Waals surface area contributed by atoms with Crippen LogP contribution in [0.4, 0.5) is 10.5 Å². The summed E-state index contributed by atoms with van der Waals surface area (Å²) in [6, 6.07) is 18.3. The number of cyclic esters (lactones) is 1. The van der Waals surface area contributed by atoms with Gasteiger partial charge in [0, 0.05) is 19.2 Å². The van der Waals surface area contributed by atoms with Gasteiger partial charge in [-0.2, -0.15) is 0 Å². The molecule has 2 aliphatic heterocycles. The van der Waals surface area contributed by atoms with E-state index in [4.69, 9.17) is 9.47 Å². The molecule has 0 bridgehead atoms. The first-order valence-electron chi connectivity index (χ1n) is 9.58. The number of carbonyl (C=O) groups excluding carboxylic acids is 1. The van der Waals surface area contributed by atoms with Crippen LogP contribution in [0.25, 0.3) is 0 Å². The van der Waals surface area contributed by atoms with Gasteiger partial charge >= 0.3 is 6.09 Å². The molecule has 2 aromatic rings. The number of anilines is 1. The number of ether oxygens (including phenoxy) is 2. The standard InChI is InChI=1S/C22H26N2O3/c1-26-20-11-5-10-19(15-20)24-21(25)27-17-22(24)12-14-23(16-22)13-6-9-18-7-3-2-4-8-18/h2-5,7-8,10-11,15H,6,9,12-14,16-17H2,1H3. The summed E-state index contributed by atoms with van der Waals surface area (Å²) >= 11 is 0. The predicted octanol–water partition coefficient (Wildman–Crippen LogP) is 3.73. The van der Waals surface area contributed by atoms with Crippen molar-refractivity contribution in [2.24, 2.45) is 0 Å². The van der Waals surface area contributed by atoms with Gasteiger partial charge in [0.1, 0.15) is 12.4 Å². The second kappa shape index (κ2) is 7.61. The highest BCUT2D eigenvalue weighted by molar-refractivity contribution is 5.92. The lowest BCUT2D eigenvalue weighted by Crippen LogP contribution is -2.49. The Morgan fingerprint density at radius 2 is 2.00 bits per heavy atom. The molecule has 0 N–H and O–H groups in total. The summed E-state index contributed by atoms with van der Waals surface area (Å²) in [4.78, 5) is 16.8. The molecule has 142 valence electrons. The quantitative estimate of drug-likeness (QED) is 0.781. The summed E-state index contributed by atoms with van der Waals surface area (Å²) in [6.07, 6.45) is 2.88. The number of likely N-dealkylation sites (tertiary alicyclic amines) is 1. The number of benzene rings is 2. The molecule has 2 aliphatic rings. The van der Waals surface area contributed by atoms with Crippen molar-refractivity contribution in [3.8, 4) is 5.75 Å². The molecule has 0 saturated carbocycles. The number of hydrogen-bond acceptors (Lipinski definition) is 4. The summed E-state index contributed by atoms with van der Waals surface area (Å²) < 4.78 is 10.8. The van der Waals surface area contributed by atoms with Crippen molar-refractivity contribution in [1.29, 1.82) is 0 Å². The van der Waals surface area contributed by atoms with Crippen molar-refractivity contribution in [2.45, 2.75) is 24.8 Å². The zero-order chi connectivity index (χ0) is 18.7. The van der Waals surface area contributed by atoms with E-state index in [1.165, 1.54) is 5.56 Å². The van der Waals surface area contributed by atoms with Gasteiger partial charge in [-0.1, -0.05) is 36.4 Å². The van der Waals surface area contributed by atoms with Crippen LogP contribution in [-0.4, -0.2) is 49.9 Å². The summed E-state index contributed by atoms with van der Waals surface area (Å²) in [6.45, 7) is 3.34. The van der Waals surface area contributed by atoms with Crippen molar-refractivity contribution in [2.75, 3.05) is 38.3 Å². The Hall–Kier alpha value is -2.53. The molecule has 5 nitrogen and oxygen atoms in total. The molecule has 0 aliphatic carbocycles. The fraction of sp³-hybridized carbons (Fsp3) is 0.409. The highest BCUT2D eigenvalue weighted by Crippen LogP contribution is 2.38. The number of methoxy groups -OCH3 is 1. The highest BCUT2D eigenvalue weighted by atomic mass is 16.6. The van der Waals surface area contributed by atoms with Crippen LogP contribution >= 0.6 is 0 Å². The van der Waals surface area contributed by atoms with Gasteiger partial charge in [0.15, 0.2) is 0 Å². The SMILES string of the molecule is COc1cccc(N2C(=O)OCC23CCN(CCCc2ccccc2)C3)c1. The number of carbonyl (C=O) groups is 1. The third-order valence-electron chi connectivity index (χ3n) is 5.63. The van der Waals surface area contributed by atoms with Crippen molar-refractivity contribution >= 4 is 11.8 Å². The second-order valence-corrected chi connectivity index (χ2v) is 7.43. The van der Waals surface area contributed by atoms with Gasteiger partial charge in [-0.05, 0) is 43.5 Å². The molecule has 0 radical (unpaired) electrons. The van der Waals surface area contributed by atoms with E-state index in [-0.39, 0.29) is 11.6 Å². The summed E-state index contributed by atoms with van der Waals surface area (Å²) in [5, 5.41) is 0. The predicted molar refractivity (Wildman–Crippen MR) is 105 cm³/mol. The Morgan fingerprint density at radius 3 is 2.81 bits per heavy atom. The number of nitrogens with zero attached hydrogens (tertiary/aromatic N) is 2. The minimum Gasteiger partial charge on any atom is -0.497 e. The number of aryl methyl sites for hydroxylation is 1. The van der Waals surface area contributed by atoms with Crippen LogP contribution in [0.2, 0.25) is 0 Å². The van der Waals surface area contributed by atoms with Gasteiger partial charge in [0.25, 0.3) is 0 Å². The van der Waals surface area contributed by atoms with E-state index in [1.807, 2.05) is 29.2 Å². The number of rotatable bonds is 6. The lowest BCUT2D eigenvalue weighted by atomic mass is 9.98. The van der Waals surface area contributed by atoms with Crippen LogP contribution in [-0.2, 0) is 11.2 Å². The molecule has 1 unspecified atom stereocenters. The van der Waals surface area contributed by atoms with Crippen molar-refractivity contribution in [1.82, 2.24) is 4.90 Å². The minimum absolute atomic E-state index is 0.255. The average molecular weight is 366 g/mol. The third-order valence-corrected chi connectivity index (χ3v) is 5.63. The van der Waals surface area contributed by atoms with Gasteiger partial charge in [-0.3, -0.25) is 4.90 Å². The number of hydrogen-bond donors (Lipinski definition) is 0. The first-order valence-corrected chi connectivity index (χ1v) is 9.58.